The third kappa shape index (κ3) is 7.62. The van der Waals surface area contributed by atoms with Crippen molar-refractivity contribution in [2.75, 3.05) is 19.8 Å². The van der Waals surface area contributed by atoms with E-state index in [1.165, 1.54) is 0 Å². The molecule has 1 atom stereocenters. The lowest BCUT2D eigenvalue weighted by Gasteiger charge is -2.10. The fourth-order valence-electron chi connectivity index (χ4n) is 1.81. The highest BCUT2D eigenvalue weighted by molar-refractivity contribution is 5.81. The number of esters is 2. The van der Waals surface area contributed by atoms with Gasteiger partial charge in [0.05, 0.1) is 12.7 Å². The van der Waals surface area contributed by atoms with Gasteiger partial charge in [-0.25, -0.2) is 4.79 Å². The second-order valence-electron chi connectivity index (χ2n) is 4.50. The molecule has 1 aliphatic heterocycles. The summed E-state index contributed by atoms with van der Waals surface area (Å²) in [6, 6.07) is 0. The van der Waals surface area contributed by atoms with E-state index in [9.17, 15) is 9.59 Å². The highest BCUT2D eigenvalue weighted by Crippen LogP contribution is 2.12. The maximum absolute atomic E-state index is 11.4. The number of hydrogen-bond donors (Lipinski definition) is 0. The fraction of sp³-hybridized carbons (Fsp3) is 0.714. The topological polar surface area (TPSA) is 61.8 Å². The molecule has 0 aromatic carbocycles. The molecule has 0 aromatic rings. The van der Waals surface area contributed by atoms with Crippen LogP contribution in [0.3, 0.4) is 0 Å². The molecule has 1 rings (SSSR count). The monoisotopic (exact) mass is 270 g/mol. The van der Waals surface area contributed by atoms with E-state index >= 15 is 0 Å². The molecule has 0 spiro atoms. The molecule has 0 amide bonds. The van der Waals surface area contributed by atoms with Crippen LogP contribution in [0.5, 0.6) is 0 Å². The molecule has 0 N–H and O–H groups in total. The smallest absolute Gasteiger partial charge is 0.330 e. The van der Waals surface area contributed by atoms with Crippen LogP contribution in [0.4, 0.5) is 0 Å². The number of rotatable bonds is 9. The Kier molecular flexibility index (Phi) is 7.89. The van der Waals surface area contributed by atoms with Crippen LogP contribution in [0.2, 0.25) is 0 Å². The molecule has 5 heteroatoms. The van der Waals surface area contributed by atoms with Gasteiger partial charge in [0.25, 0.3) is 0 Å². The van der Waals surface area contributed by atoms with Crippen LogP contribution in [0, 0.1) is 0 Å². The van der Waals surface area contributed by atoms with Gasteiger partial charge in [-0.05, 0) is 32.1 Å². The van der Waals surface area contributed by atoms with E-state index in [1.54, 1.807) is 0 Å². The number of carbonyl (C=O) groups excluding carboxylic acids is 2. The average Bonchev–Trinajstić information content (AvgIpc) is 2.93. The molecule has 1 saturated heterocycles. The minimum atomic E-state index is -0.407. The molecule has 108 valence electrons. The van der Waals surface area contributed by atoms with E-state index in [-0.39, 0.29) is 12.1 Å². The summed E-state index contributed by atoms with van der Waals surface area (Å²) in [4.78, 5) is 22.1. The minimum absolute atomic E-state index is 0.0854. The van der Waals surface area contributed by atoms with Gasteiger partial charge in [0.15, 0.2) is 0 Å². The molecule has 19 heavy (non-hydrogen) atoms. The van der Waals surface area contributed by atoms with Gasteiger partial charge in [-0.3, -0.25) is 4.79 Å². The quantitative estimate of drug-likeness (QED) is 0.364. The third-order valence-electron chi connectivity index (χ3n) is 2.89. The molecule has 0 saturated carbocycles. The summed E-state index contributed by atoms with van der Waals surface area (Å²) >= 11 is 0. The predicted molar refractivity (Wildman–Crippen MR) is 69.6 cm³/mol. The van der Waals surface area contributed by atoms with Crippen molar-refractivity contribution >= 4 is 11.9 Å². The summed E-state index contributed by atoms with van der Waals surface area (Å²) in [7, 11) is 0. The molecule has 0 aromatic heterocycles. The van der Waals surface area contributed by atoms with Gasteiger partial charge < -0.3 is 14.2 Å². The third-order valence-corrected chi connectivity index (χ3v) is 2.89. The zero-order valence-electron chi connectivity index (χ0n) is 11.3. The zero-order valence-corrected chi connectivity index (χ0v) is 11.3. The standard InChI is InChI=1S/C14H22O5/c1-2-13(15)18-9-5-3-4-8-14(16)19-11-12-7-6-10-17-12/h2,12H,1,3-11H2. The van der Waals surface area contributed by atoms with Crippen molar-refractivity contribution in [3.8, 4) is 0 Å². The van der Waals surface area contributed by atoms with Gasteiger partial charge in [-0.15, -0.1) is 0 Å². The van der Waals surface area contributed by atoms with Gasteiger partial charge in [0, 0.05) is 19.1 Å². The van der Waals surface area contributed by atoms with Crippen molar-refractivity contribution in [1.29, 1.82) is 0 Å². The van der Waals surface area contributed by atoms with Gasteiger partial charge >= 0.3 is 11.9 Å². The number of unbranched alkanes of at least 4 members (excludes halogenated alkanes) is 2. The lowest BCUT2D eigenvalue weighted by molar-refractivity contribution is -0.147. The normalized spacial score (nSPS) is 18.0. The van der Waals surface area contributed by atoms with E-state index in [2.05, 4.69) is 6.58 Å². The van der Waals surface area contributed by atoms with E-state index in [0.29, 0.717) is 19.6 Å². The molecule has 1 unspecified atom stereocenters. The highest BCUT2D eigenvalue weighted by atomic mass is 16.6. The summed E-state index contributed by atoms with van der Waals surface area (Å²) < 4.78 is 15.3. The molecular formula is C14H22O5. The Balaban J connectivity index is 1.89. The van der Waals surface area contributed by atoms with Crippen molar-refractivity contribution in [1.82, 2.24) is 0 Å². The first kappa shape index (κ1) is 15.7. The van der Waals surface area contributed by atoms with Crippen molar-refractivity contribution < 1.29 is 23.8 Å². The second kappa shape index (κ2) is 9.55. The molecule has 0 aliphatic carbocycles. The van der Waals surface area contributed by atoms with Crippen molar-refractivity contribution in [2.45, 2.75) is 44.6 Å². The van der Waals surface area contributed by atoms with Crippen LogP contribution in [-0.2, 0) is 23.8 Å². The van der Waals surface area contributed by atoms with E-state index in [1.807, 2.05) is 0 Å². The number of ether oxygens (including phenoxy) is 3. The predicted octanol–water partition coefficient (Wildman–Crippen LogP) is 2.00. The first-order chi connectivity index (χ1) is 9.22. The Bertz CT molecular complexity index is 294. The summed E-state index contributed by atoms with van der Waals surface area (Å²) in [5.41, 5.74) is 0. The van der Waals surface area contributed by atoms with Crippen molar-refractivity contribution in [2.24, 2.45) is 0 Å². The van der Waals surface area contributed by atoms with Crippen molar-refractivity contribution in [3.05, 3.63) is 12.7 Å². The molecule has 1 heterocycles. The van der Waals surface area contributed by atoms with E-state index in [4.69, 9.17) is 14.2 Å². The maximum Gasteiger partial charge on any atom is 0.330 e. The van der Waals surface area contributed by atoms with Crippen LogP contribution in [0.25, 0.3) is 0 Å². The Labute approximate surface area is 113 Å². The Hall–Kier alpha value is -1.36. The maximum atomic E-state index is 11.4. The molecular weight excluding hydrogens is 248 g/mol. The molecule has 1 aliphatic rings. The van der Waals surface area contributed by atoms with E-state index < -0.39 is 5.97 Å². The largest absolute Gasteiger partial charge is 0.463 e. The van der Waals surface area contributed by atoms with Crippen LogP contribution < -0.4 is 0 Å². The molecule has 1 fully saturated rings. The number of carbonyl (C=O) groups is 2. The molecule has 0 radical (unpaired) electrons. The van der Waals surface area contributed by atoms with Crippen LogP contribution in [0.1, 0.15) is 38.5 Å². The Morgan fingerprint density at radius 1 is 1.26 bits per heavy atom. The Morgan fingerprint density at radius 2 is 2.11 bits per heavy atom. The van der Waals surface area contributed by atoms with Gasteiger partial charge in [0.1, 0.15) is 6.61 Å². The summed E-state index contributed by atoms with van der Waals surface area (Å²) in [6.07, 6.45) is 5.98. The fourth-order valence-corrected chi connectivity index (χ4v) is 1.81. The lowest BCUT2D eigenvalue weighted by atomic mass is 10.2. The van der Waals surface area contributed by atoms with Gasteiger partial charge in [-0.1, -0.05) is 6.58 Å². The van der Waals surface area contributed by atoms with Gasteiger partial charge in [0.2, 0.25) is 0 Å². The van der Waals surface area contributed by atoms with Crippen molar-refractivity contribution in [3.63, 3.8) is 0 Å². The van der Waals surface area contributed by atoms with Crippen LogP contribution >= 0.6 is 0 Å². The van der Waals surface area contributed by atoms with Gasteiger partial charge in [-0.2, -0.15) is 0 Å². The molecule has 5 nitrogen and oxygen atoms in total. The second-order valence-corrected chi connectivity index (χ2v) is 4.50. The summed E-state index contributed by atoms with van der Waals surface area (Å²) in [5, 5.41) is 0. The molecule has 0 bridgehead atoms. The first-order valence-electron chi connectivity index (χ1n) is 6.79. The van der Waals surface area contributed by atoms with Crippen LogP contribution in [0.15, 0.2) is 12.7 Å². The SMILES string of the molecule is C=CC(=O)OCCCCCC(=O)OCC1CCCO1. The summed E-state index contributed by atoms with van der Waals surface area (Å²) in [5.74, 6) is -0.588. The zero-order chi connectivity index (χ0) is 13.9. The summed E-state index contributed by atoms with van der Waals surface area (Å²) in [6.45, 7) is 4.82. The van der Waals surface area contributed by atoms with E-state index in [0.717, 1.165) is 44.8 Å². The lowest BCUT2D eigenvalue weighted by Crippen LogP contribution is -2.17. The Morgan fingerprint density at radius 3 is 2.79 bits per heavy atom. The first-order valence-corrected chi connectivity index (χ1v) is 6.79. The average molecular weight is 270 g/mol. The highest BCUT2D eigenvalue weighted by Gasteiger charge is 2.17. The minimum Gasteiger partial charge on any atom is -0.463 e. The van der Waals surface area contributed by atoms with Crippen LogP contribution in [-0.4, -0.2) is 37.9 Å². The number of hydrogen-bond acceptors (Lipinski definition) is 5.